The zero-order valence-corrected chi connectivity index (χ0v) is 15.3. The number of hydrogen-bond donors (Lipinski definition) is 1. The predicted octanol–water partition coefficient (Wildman–Crippen LogP) is 3.95. The summed E-state index contributed by atoms with van der Waals surface area (Å²) in [5, 5.41) is 13.7. The molecule has 0 fully saturated rings. The smallest absolute Gasteiger partial charge is 0.296 e. The molecule has 0 unspecified atom stereocenters. The number of anilines is 1. The SMILES string of the molecule is COc1ccc(NC(=O)CCc2ccc(OC)c(Br)c2)c([N+](=O)[O-])c1. The Labute approximate surface area is 153 Å². The van der Waals surface area contributed by atoms with Crippen LogP contribution in [0, 0.1) is 10.1 Å². The number of hydrogen-bond acceptors (Lipinski definition) is 5. The van der Waals surface area contributed by atoms with Crippen LogP contribution in [0.25, 0.3) is 0 Å². The van der Waals surface area contributed by atoms with Gasteiger partial charge >= 0.3 is 0 Å². The molecule has 8 heteroatoms. The molecule has 0 aliphatic carbocycles. The average Bonchev–Trinajstić information content (AvgIpc) is 2.60. The van der Waals surface area contributed by atoms with Crippen molar-refractivity contribution in [2.45, 2.75) is 12.8 Å². The number of halogens is 1. The number of aryl methyl sites for hydroxylation is 1. The molecule has 0 spiro atoms. The van der Waals surface area contributed by atoms with Gasteiger partial charge in [-0.1, -0.05) is 6.07 Å². The van der Waals surface area contributed by atoms with E-state index in [-0.39, 0.29) is 23.7 Å². The summed E-state index contributed by atoms with van der Waals surface area (Å²) in [5.74, 6) is 0.759. The van der Waals surface area contributed by atoms with Gasteiger partial charge < -0.3 is 14.8 Å². The van der Waals surface area contributed by atoms with E-state index < -0.39 is 4.92 Å². The minimum absolute atomic E-state index is 0.145. The Morgan fingerprint density at radius 1 is 1.20 bits per heavy atom. The first kappa shape index (κ1) is 18.7. The van der Waals surface area contributed by atoms with Gasteiger partial charge in [0.15, 0.2) is 0 Å². The molecule has 7 nitrogen and oxygen atoms in total. The summed E-state index contributed by atoms with van der Waals surface area (Å²) in [4.78, 5) is 22.7. The maximum atomic E-state index is 12.1. The van der Waals surface area contributed by atoms with Crippen molar-refractivity contribution in [2.24, 2.45) is 0 Å². The van der Waals surface area contributed by atoms with Crippen molar-refractivity contribution >= 4 is 33.2 Å². The van der Waals surface area contributed by atoms with E-state index in [4.69, 9.17) is 9.47 Å². The maximum Gasteiger partial charge on any atom is 0.296 e. The van der Waals surface area contributed by atoms with E-state index in [0.717, 1.165) is 10.0 Å². The van der Waals surface area contributed by atoms with Gasteiger partial charge in [0, 0.05) is 6.42 Å². The van der Waals surface area contributed by atoms with Crippen LogP contribution in [0.4, 0.5) is 11.4 Å². The number of nitro benzene ring substituents is 1. The first-order valence-corrected chi connectivity index (χ1v) is 8.18. The Bertz CT molecular complexity index is 795. The molecule has 0 atom stereocenters. The normalized spacial score (nSPS) is 10.2. The largest absolute Gasteiger partial charge is 0.496 e. The Hall–Kier alpha value is -2.61. The molecular weight excluding hydrogens is 392 g/mol. The molecular formula is C17H17BrN2O5. The molecule has 0 saturated heterocycles. The highest BCUT2D eigenvalue weighted by Gasteiger charge is 2.17. The van der Waals surface area contributed by atoms with Crippen molar-refractivity contribution in [3.8, 4) is 11.5 Å². The summed E-state index contributed by atoms with van der Waals surface area (Å²) in [6.45, 7) is 0. The summed E-state index contributed by atoms with van der Waals surface area (Å²) in [7, 11) is 3.00. The van der Waals surface area contributed by atoms with Crippen molar-refractivity contribution in [2.75, 3.05) is 19.5 Å². The second-order valence-corrected chi connectivity index (χ2v) is 6.01. The monoisotopic (exact) mass is 408 g/mol. The summed E-state index contributed by atoms with van der Waals surface area (Å²) in [5.41, 5.74) is 0.888. The van der Waals surface area contributed by atoms with Gasteiger partial charge in [0.25, 0.3) is 5.69 Å². The van der Waals surface area contributed by atoms with Gasteiger partial charge in [0.2, 0.25) is 5.91 Å². The molecule has 2 aromatic carbocycles. The van der Waals surface area contributed by atoms with Gasteiger partial charge in [-0.2, -0.15) is 0 Å². The fraction of sp³-hybridized carbons (Fsp3) is 0.235. The number of nitrogens with zero attached hydrogens (tertiary/aromatic N) is 1. The summed E-state index contributed by atoms with van der Waals surface area (Å²) in [6, 6.07) is 9.85. The van der Waals surface area contributed by atoms with Crippen molar-refractivity contribution in [3.63, 3.8) is 0 Å². The topological polar surface area (TPSA) is 90.7 Å². The predicted molar refractivity (Wildman–Crippen MR) is 97.3 cm³/mol. The summed E-state index contributed by atoms with van der Waals surface area (Å²) >= 11 is 3.39. The molecule has 0 heterocycles. The van der Waals surface area contributed by atoms with Crippen LogP contribution in [0.2, 0.25) is 0 Å². The highest BCUT2D eigenvalue weighted by atomic mass is 79.9. The minimum atomic E-state index is -0.557. The van der Waals surface area contributed by atoms with Crippen LogP contribution in [0.3, 0.4) is 0 Å². The number of rotatable bonds is 7. The van der Waals surface area contributed by atoms with Crippen molar-refractivity contribution in [1.29, 1.82) is 0 Å². The Balaban J connectivity index is 2.03. The van der Waals surface area contributed by atoms with Gasteiger partial charge in [-0.25, -0.2) is 0 Å². The Morgan fingerprint density at radius 3 is 2.56 bits per heavy atom. The van der Waals surface area contributed by atoms with Crippen LogP contribution < -0.4 is 14.8 Å². The van der Waals surface area contributed by atoms with Crippen LogP contribution in [0.5, 0.6) is 11.5 Å². The fourth-order valence-electron chi connectivity index (χ4n) is 2.23. The first-order valence-electron chi connectivity index (χ1n) is 7.39. The van der Waals surface area contributed by atoms with Crippen molar-refractivity contribution < 1.29 is 19.2 Å². The zero-order valence-electron chi connectivity index (χ0n) is 13.7. The van der Waals surface area contributed by atoms with E-state index in [9.17, 15) is 14.9 Å². The molecule has 0 aliphatic rings. The number of carbonyl (C=O) groups is 1. The molecule has 132 valence electrons. The molecule has 2 aromatic rings. The number of carbonyl (C=O) groups excluding carboxylic acids is 1. The zero-order chi connectivity index (χ0) is 18.4. The molecule has 0 radical (unpaired) electrons. The second-order valence-electron chi connectivity index (χ2n) is 5.16. The van der Waals surface area contributed by atoms with E-state index >= 15 is 0 Å². The molecule has 1 amide bonds. The van der Waals surface area contributed by atoms with E-state index in [1.807, 2.05) is 18.2 Å². The molecule has 25 heavy (non-hydrogen) atoms. The Morgan fingerprint density at radius 2 is 1.96 bits per heavy atom. The third-order valence-electron chi connectivity index (χ3n) is 3.53. The van der Waals surface area contributed by atoms with E-state index in [1.54, 1.807) is 13.2 Å². The van der Waals surface area contributed by atoms with Gasteiger partial charge in [0.05, 0.1) is 29.7 Å². The number of amides is 1. The lowest BCUT2D eigenvalue weighted by atomic mass is 10.1. The number of ether oxygens (including phenoxy) is 2. The maximum absolute atomic E-state index is 12.1. The number of nitrogens with one attached hydrogen (secondary N) is 1. The molecule has 0 saturated carbocycles. The highest BCUT2D eigenvalue weighted by Crippen LogP contribution is 2.29. The van der Waals surface area contributed by atoms with E-state index in [2.05, 4.69) is 21.2 Å². The molecule has 0 aromatic heterocycles. The van der Waals surface area contributed by atoms with Gasteiger partial charge in [-0.15, -0.1) is 0 Å². The second kappa shape index (κ2) is 8.48. The molecule has 0 bridgehead atoms. The third-order valence-corrected chi connectivity index (χ3v) is 4.15. The highest BCUT2D eigenvalue weighted by molar-refractivity contribution is 9.10. The van der Waals surface area contributed by atoms with Crippen molar-refractivity contribution in [1.82, 2.24) is 0 Å². The number of benzene rings is 2. The molecule has 0 aliphatic heterocycles. The van der Waals surface area contributed by atoms with Crippen LogP contribution in [0.15, 0.2) is 40.9 Å². The summed E-state index contributed by atoms with van der Waals surface area (Å²) < 4.78 is 10.9. The van der Waals surface area contributed by atoms with Crippen molar-refractivity contribution in [3.05, 3.63) is 56.5 Å². The molecule has 2 rings (SSSR count). The Kier molecular flexibility index (Phi) is 6.35. The lowest BCUT2D eigenvalue weighted by Gasteiger charge is -2.08. The summed E-state index contributed by atoms with van der Waals surface area (Å²) in [6.07, 6.45) is 0.695. The third kappa shape index (κ3) is 4.93. The van der Waals surface area contributed by atoms with Crippen LogP contribution in [-0.4, -0.2) is 25.1 Å². The van der Waals surface area contributed by atoms with E-state index in [1.165, 1.54) is 19.2 Å². The van der Waals surface area contributed by atoms with Crippen LogP contribution in [0.1, 0.15) is 12.0 Å². The van der Waals surface area contributed by atoms with Crippen LogP contribution >= 0.6 is 15.9 Å². The lowest BCUT2D eigenvalue weighted by molar-refractivity contribution is -0.384. The lowest BCUT2D eigenvalue weighted by Crippen LogP contribution is -2.13. The molecule has 1 N–H and O–H groups in total. The first-order chi connectivity index (χ1) is 11.9. The minimum Gasteiger partial charge on any atom is -0.496 e. The number of nitro groups is 1. The van der Waals surface area contributed by atoms with Gasteiger partial charge in [0.1, 0.15) is 17.2 Å². The standard InChI is InChI=1S/C17H17BrN2O5/c1-24-12-5-6-14(15(10-12)20(22)23)19-17(21)8-4-11-3-7-16(25-2)13(18)9-11/h3,5-7,9-10H,4,8H2,1-2H3,(H,19,21). The van der Waals surface area contributed by atoms with Gasteiger partial charge in [-0.05, 0) is 52.2 Å². The van der Waals surface area contributed by atoms with Gasteiger partial charge in [-0.3, -0.25) is 14.9 Å². The number of methoxy groups -OCH3 is 2. The quantitative estimate of drug-likeness (QED) is 0.553. The van der Waals surface area contributed by atoms with Crippen LogP contribution in [-0.2, 0) is 11.2 Å². The fourth-order valence-corrected chi connectivity index (χ4v) is 2.82. The average molecular weight is 409 g/mol. The van der Waals surface area contributed by atoms with E-state index in [0.29, 0.717) is 17.9 Å².